The molecule has 0 atom stereocenters. The van der Waals surface area contributed by atoms with E-state index in [2.05, 4.69) is 29.6 Å². The molecule has 7 nitrogen and oxygen atoms in total. The third-order valence-electron chi connectivity index (χ3n) is 5.49. The van der Waals surface area contributed by atoms with E-state index in [1.54, 1.807) is 12.3 Å². The number of hydrogen-bond donors (Lipinski definition) is 1. The number of pyridine rings is 2. The van der Waals surface area contributed by atoms with Crippen LogP contribution in [0.25, 0.3) is 22.2 Å². The molecular formula is C25H27ClF2N4O3Si. The van der Waals surface area contributed by atoms with Gasteiger partial charge in [0.2, 0.25) is 5.88 Å². The molecule has 0 bridgehead atoms. The predicted octanol–water partition coefficient (Wildman–Crippen LogP) is 6.73. The van der Waals surface area contributed by atoms with E-state index in [9.17, 15) is 8.78 Å². The summed E-state index contributed by atoms with van der Waals surface area (Å²) in [6, 6.07) is 6.25. The molecule has 0 aliphatic heterocycles. The van der Waals surface area contributed by atoms with E-state index in [1.165, 1.54) is 19.4 Å². The molecule has 0 aliphatic rings. The van der Waals surface area contributed by atoms with E-state index < -0.39 is 25.5 Å². The van der Waals surface area contributed by atoms with Gasteiger partial charge in [0.15, 0.2) is 17.4 Å². The Balaban J connectivity index is 1.81. The minimum Gasteiger partial charge on any atom is -0.480 e. The molecule has 3 heterocycles. The van der Waals surface area contributed by atoms with Gasteiger partial charge in [0.1, 0.15) is 23.2 Å². The van der Waals surface area contributed by atoms with Gasteiger partial charge in [-0.2, -0.15) is 0 Å². The molecule has 0 spiro atoms. The predicted molar refractivity (Wildman–Crippen MR) is 139 cm³/mol. The summed E-state index contributed by atoms with van der Waals surface area (Å²) in [4.78, 5) is 8.76. The van der Waals surface area contributed by atoms with Crippen molar-refractivity contribution < 1.29 is 23.0 Å². The van der Waals surface area contributed by atoms with Gasteiger partial charge in [-0.15, -0.1) is 0 Å². The molecule has 0 unspecified atom stereocenters. The average molecular weight is 533 g/mol. The molecule has 0 fully saturated rings. The van der Waals surface area contributed by atoms with Crippen LogP contribution in [0, 0.1) is 11.6 Å². The van der Waals surface area contributed by atoms with Gasteiger partial charge < -0.3 is 24.5 Å². The Labute approximate surface area is 213 Å². The van der Waals surface area contributed by atoms with Crippen molar-refractivity contribution in [2.45, 2.75) is 32.4 Å². The quantitative estimate of drug-likeness (QED) is 0.146. The van der Waals surface area contributed by atoms with Gasteiger partial charge in [-0.25, -0.2) is 18.7 Å². The van der Waals surface area contributed by atoms with Crippen molar-refractivity contribution in [2.75, 3.05) is 19.5 Å². The lowest BCUT2D eigenvalue weighted by atomic mass is 10.1. The number of nitrogens with two attached hydrogens (primary N) is 1. The fraction of sp³-hybridized carbons (Fsp3) is 0.280. The minimum absolute atomic E-state index is 0.0431. The van der Waals surface area contributed by atoms with Crippen molar-refractivity contribution in [3.63, 3.8) is 0 Å². The maximum absolute atomic E-state index is 14.5. The zero-order valence-electron chi connectivity index (χ0n) is 20.4. The Hall–Kier alpha value is -3.21. The zero-order chi connectivity index (χ0) is 26.0. The van der Waals surface area contributed by atoms with Crippen molar-refractivity contribution in [1.29, 1.82) is 0 Å². The van der Waals surface area contributed by atoms with Gasteiger partial charge in [-0.3, -0.25) is 0 Å². The van der Waals surface area contributed by atoms with Crippen LogP contribution < -0.4 is 15.2 Å². The lowest BCUT2D eigenvalue weighted by Gasteiger charge is -2.15. The number of nitrogen functional groups attached to an aromatic ring is 1. The van der Waals surface area contributed by atoms with Crippen LogP contribution >= 0.6 is 11.6 Å². The second kappa shape index (κ2) is 10.4. The number of hydrogen-bond acceptors (Lipinski definition) is 6. The summed E-state index contributed by atoms with van der Waals surface area (Å²) in [5, 5.41) is 0.828. The van der Waals surface area contributed by atoms with Crippen LogP contribution in [-0.2, 0) is 11.5 Å². The topological polar surface area (TPSA) is 84.4 Å². The number of rotatable bonds is 9. The van der Waals surface area contributed by atoms with Crippen molar-refractivity contribution in [1.82, 2.24) is 14.5 Å². The first-order valence-electron chi connectivity index (χ1n) is 11.3. The van der Waals surface area contributed by atoms with E-state index in [0.717, 1.165) is 18.2 Å². The summed E-state index contributed by atoms with van der Waals surface area (Å²) in [6.45, 7) is 7.68. The Morgan fingerprint density at radius 2 is 1.83 bits per heavy atom. The summed E-state index contributed by atoms with van der Waals surface area (Å²) in [5.41, 5.74) is 7.31. The van der Waals surface area contributed by atoms with Gasteiger partial charge in [-0.1, -0.05) is 31.2 Å². The SMILES string of the molecule is COc1ncc(-c2cn(COCC[Si](C)(C)C)c3nccc(Oc4c(F)cc(N)cc4F)c23)cc1Cl. The normalized spacial score (nSPS) is 11.8. The molecule has 4 aromatic rings. The Bertz CT molecular complexity index is 1390. The molecule has 0 radical (unpaired) electrons. The van der Waals surface area contributed by atoms with Gasteiger partial charge in [0, 0.05) is 62.2 Å². The maximum atomic E-state index is 14.5. The molecule has 0 aliphatic carbocycles. The average Bonchev–Trinajstić information content (AvgIpc) is 3.18. The number of methoxy groups -OCH3 is 1. The molecule has 11 heteroatoms. The molecule has 0 saturated carbocycles. The second-order valence-corrected chi connectivity index (χ2v) is 15.5. The molecule has 0 amide bonds. The molecule has 4 rings (SSSR count). The van der Waals surface area contributed by atoms with Crippen molar-refractivity contribution in [2.24, 2.45) is 0 Å². The molecule has 1 aromatic carbocycles. The van der Waals surface area contributed by atoms with Crippen molar-refractivity contribution in [3.05, 3.63) is 59.5 Å². The standard InChI is InChI=1S/C25H27ClF2N4O3Si/c1-33-25-18(26)9-15(12-31-25)17-13-32(14-34-7-8-36(2,3)4)24-22(17)21(5-6-30-24)35-23-19(27)10-16(29)11-20(23)28/h5-6,9-13H,7-8,14,29H2,1-4H3. The number of halogens is 3. The number of anilines is 1. The number of benzene rings is 1. The second-order valence-electron chi connectivity index (χ2n) is 9.50. The van der Waals surface area contributed by atoms with E-state index >= 15 is 0 Å². The molecule has 3 aromatic heterocycles. The first kappa shape index (κ1) is 25.9. The van der Waals surface area contributed by atoms with Crippen molar-refractivity contribution >= 4 is 36.4 Å². The summed E-state index contributed by atoms with van der Waals surface area (Å²) in [5.74, 6) is -1.91. The number of aromatic nitrogens is 3. The van der Waals surface area contributed by atoms with Crippen LogP contribution in [-0.4, -0.2) is 36.3 Å². The highest BCUT2D eigenvalue weighted by atomic mass is 35.5. The van der Waals surface area contributed by atoms with Crippen LogP contribution in [0.4, 0.5) is 14.5 Å². The summed E-state index contributed by atoms with van der Waals surface area (Å²) >= 11 is 6.34. The highest BCUT2D eigenvalue weighted by Crippen LogP contribution is 2.40. The van der Waals surface area contributed by atoms with Crippen LogP contribution in [0.1, 0.15) is 0 Å². The number of ether oxygens (including phenoxy) is 3. The van der Waals surface area contributed by atoms with Gasteiger partial charge >= 0.3 is 0 Å². The first-order chi connectivity index (χ1) is 17.1. The largest absolute Gasteiger partial charge is 0.480 e. The van der Waals surface area contributed by atoms with Crippen LogP contribution in [0.15, 0.2) is 42.9 Å². The Morgan fingerprint density at radius 3 is 2.47 bits per heavy atom. The van der Waals surface area contributed by atoms with Crippen LogP contribution in [0.2, 0.25) is 30.7 Å². The Morgan fingerprint density at radius 1 is 1.11 bits per heavy atom. The zero-order valence-corrected chi connectivity index (χ0v) is 22.2. The number of nitrogens with zero attached hydrogens (tertiary/aromatic N) is 3. The van der Waals surface area contributed by atoms with Gasteiger partial charge in [0.25, 0.3) is 0 Å². The fourth-order valence-electron chi connectivity index (χ4n) is 3.64. The van der Waals surface area contributed by atoms with Crippen LogP contribution in [0.5, 0.6) is 17.4 Å². The maximum Gasteiger partial charge on any atom is 0.232 e. The lowest BCUT2D eigenvalue weighted by molar-refractivity contribution is 0.0899. The third kappa shape index (κ3) is 5.61. The number of fused-ring (bicyclic) bond motifs is 1. The third-order valence-corrected chi connectivity index (χ3v) is 7.47. The molecule has 190 valence electrons. The summed E-state index contributed by atoms with van der Waals surface area (Å²) in [7, 11) is 0.212. The van der Waals surface area contributed by atoms with Gasteiger partial charge in [-0.05, 0) is 18.2 Å². The van der Waals surface area contributed by atoms with E-state index in [1.807, 2.05) is 10.8 Å². The fourth-order valence-corrected chi connectivity index (χ4v) is 4.64. The highest BCUT2D eigenvalue weighted by molar-refractivity contribution is 6.76. The summed E-state index contributed by atoms with van der Waals surface area (Å²) in [6.07, 6.45) is 4.93. The lowest BCUT2D eigenvalue weighted by Crippen LogP contribution is -2.22. The molecule has 36 heavy (non-hydrogen) atoms. The van der Waals surface area contributed by atoms with E-state index in [-0.39, 0.29) is 24.0 Å². The van der Waals surface area contributed by atoms with E-state index in [0.29, 0.717) is 33.8 Å². The molecular weight excluding hydrogens is 506 g/mol. The first-order valence-corrected chi connectivity index (χ1v) is 15.3. The van der Waals surface area contributed by atoms with E-state index in [4.69, 9.17) is 31.5 Å². The van der Waals surface area contributed by atoms with Gasteiger partial charge in [0.05, 0.1) is 12.5 Å². The molecule has 2 N–H and O–H groups in total. The Kier molecular flexibility index (Phi) is 7.48. The van der Waals surface area contributed by atoms with Crippen LogP contribution in [0.3, 0.4) is 0 Å². The monoisotopic (exact) mass is 532 g/mol. The summed E-state index contributed by atoms with van der Waals surface area (Å²) < 4.78 is 47.8. The smallest absolute Gasteiger partial charge is 0.232 e. The minimum atomic E-state index is -1.26. The molecule has 0 saturated heterocycles. The van der Waals surface area contributed by atoms with Crippen molar-refractivity contribution in [3.8, 4) is 28.5 Å². The highest BCUT2D eigenvalue weighted by Gasteiger charge is 2.21.